The normalized spacial score (nSPS) is 11.0. The third kappa shape index (κ3) is 3.90. The number of fused-ring (bicyclic) bond motifs is 1. The van der Waals surface area contributed by atoms with Crippen LogP contribution in [-0.4, -0.2) is 27.6 Å². The molecule has 0 unspecified atom stereocenters. The Bertz CT molecular complexity index is 733. The van der Waals surface area contributed by atoms with Crippen LogP contribution in [0.3, 0.4) is 0 Å². The van der Waals surface area contributed by atoms with Crippen molar-refractivity contribution in [2.45, 2.75) is 18.2 Å². The summed E-state index contributed by atoms with van der Waals surface area (Å²) in [6.07, 6.45) is 4.20. The summed E-state index contributed by atoms with van der Waals surface area (Å²) in [5.74, 6) is 0.892. The van der Waals surface area contributed by atoms with Crippen LogP contribution in [0.25, 0.3) is 4.96 Å². The highest BCUT2D eigenvalue weighted by molar-refractivity contribution is 7.99. The predicted molar refractivity (Wildman–Crippen MR) is 91.7 cm³/mol. The van der Waals surface area contributed by atoms with Crippen LogP contribution in [0.4, 0.5) is 0 Å². The summed E-state index contributed by atoms with van der Waals surface area (Å²) in [6.45, 7) is 2.74. The third-order valence-electron chi connectivity index (χ3n) is 3.20. The number of thiazole rings is 1. The van der Waals surface area contributed by atoms with Gasteiger partial charge in [0, 0.05) is 35.0 Å². The van der Waals surface area contributed by atoms with Gasteiger partial charge in [0.2, 0.25) is 5.91 Å². The minimum absolute atomic E-state index is 0.0234. The molecule has 4 nitrogen and oxygen atoms in total. The van der Waals surface area contributed by atoms with Crippen molar-refractivity contribution in [1.29, 1.82) is 0 Å². The summed E-state index contributed by atoms with van der Waals surface area (Å²) in [6, 6.07) is 8.43. The zero-order valence-corrected chi connectivity index (χ0v) is 13.9. The molecule has 2 aromatic heterocycles. The Morgan fingerprint density at radius 2 is 2.18 bits per heavy atom. The lowest BCUT2D eigenvalue weighted by Gasteiger charge is -2.04. The van der Waals surface area contributed by atoms with Crippen LogP contribution in [0.2, 0.25) is 0 Å². The van der Waals surface area contributed by atoms with Crippen LogP contribution < -0.4 is 5.32 Å². The molecular formula is C16H17N3OS2. The first kappa shape index (κ1) is 15.1. The number of thioether (sulfide) groups is 1. The van der Waals surface area contributed by atoms with Gasteiger partial charge >= 0.3 is 0 Å². The molecule has 0 saturated carbocycles. The van der Waals surface area contributed by atoms with E-state index < -0.39 is 0 Å². The summed E-state index contributed by atoms with van der Waals surface area (Å²) in [5.41, 5.74) is 2.08. The first-order chi connectivity index (χ1) is 10.7. The van der Waals surface area contributed by atoms with Gasteiger partial charge in [0.05, 0.1) is 12.1 Å². The van der Waals surface area contributed by atoms with E-state index in [4.69, 9.17) is 0 Å². The van der Waals surface area contributed by atoms with Gasteiger partial charge in [-0.15, -0.1) is 23.1 Å². The standard InChI is InChI=1S/C16H17N3OS2/c1-12-2-4-14(5-3-12)21-8-6-17-15(20)10-13-11-19-7-9-22-16(19)18-13/h2-5,7,9,11H,6,8,10H2,1H3,(H,17,20). The molecule has 3 rings (SSSR count). The Morgan fingerprint density at radius 1 is 1.36 bits per heavy atom. The van der Waals surface area contributed by atoms with Crippen molar-refractivity contribution in [3.63, 3.8) is 0 Å². The van der Waals surface area contributed by atoms with Gasteiger partial charge in [-0.3, -0.25) is 9.20 Å². The van der Waals surface area contributed by atoms with Gasteiger partial charge < -0.3 is 5.32 Å². The van der Waals surface area contributed by atoms with E-state index in [9.17, 15) is 4.79 Å². The molecule has 0 fully saturated rings. The second-order valence-corrected chi connectivity index (χ2v) is 7.05. The van der Waals surface area contributed by atoms with Gasteiger partial charge in [-0.1, -0.05) is 17.7 Å². The van der Waals surface area contributed by atoms with Gasteiger partial charge in [0.1, 0.15) is 0 Å². The number of imidazole rings is 1. The SMILES string of the molecule is Cc1ccc(SCCNC(=O)Cc2cn3ccsc3n2)cc1. The molecular weight excluding hydrogens is 314 g/mol. The molecule has 0 bridgehead atoms. The van der Waals surface area contributed by atoms with E-state index in [1.54, 1.807) is 23.1 Å². The summed E-state index contributed by atoms with van der Waals surface area (Å²) < 4.78 is 1.94. The molecule has 0 atom stereocenters. The highest BCUT2D eigenvalue weighted by atomic mass is 32.2. The van der Waals surface area contributed by atoms with Crippen LogP contribution in [0.1, 0.15) is 11.3 Å². The number of nitrogens with zero attached hydrogens (tertiary/aromatic N) is 2. The molecule has 6 heteroatoms. The van der Waals surface area contributed by atoms with Gasteiger partial charge in [0.25, 0.3) is 0 Å². The number of aryl methyl sites for hydroxylation is 1. The summed E-state index contributed by atoms with van der Waals surface area (Å²) in [5, 5.41) is 4.92. The molecule has 0 aliphatic carbocycles. The zero-order valence-electron chi connectivity index (χ0n) is 12.3. The lowest BCUT2D eigenvalue weighted by molar-refractivity contribution is -0.120. The molecule has 3 aromatic rings. The molecule has 1 amide bonds. The monoisotopic (exact) mass is 331 g/mol. The van der Waals surface area contributed by atoms with Crippen molar-refractivity contribution < 1.29 is 4.79 Å². The number of hydrogen-bond donors (Lipinski definition) is 1. The fourth-order valence-corrected chi connectivity index (χ4v) is 3.57. The Balaban J connectivity index is 1.40. The number of rotatable bonds is 6. The van der Waals surface area contributed by atoms with Crippen molar-refractivity contribution >= 4 is 34.0 Å². The maximum absolute atomic E-state index is 11.9. The predicted octanol–water partition coefficient (Wildman–Crippen LogP) is 3.16. The van der Waals surface area contributed by atoms with E-state index >= 15 is 0 Å². The molecule has 2 heterocycles. The van der Waals surface area contributed by atoms with Gasteiger partial charge in [0.15, 0.2) is 4.96 Å². The molecule has 0 saturated heterocycles. The number of amides is 1. The van der Waals surface area contributed by atoms with Gasteiger partial charge in [-0.25, -0.2) is 4.98 Å². The number of nitrogens with one attached hydrogen (secondary N) is 1. The minimum atomic E-state index is 0.0234. The number of carbonyl (C=O) groups excluding carboxylic acids is 1. The fourth-order valence-electron chi connectivity index (χ4n) is 2.08. The van der Waals surface area contributed by atoms with Crippen molar-refractivity contribution in [2.75, 3.05) is 12.3 Å². The molecule has 1 aromatic carbocycles. The number of aromatic nitrogens is 2. The number of hydrogen-bond acceptors (Lipinski definition) is 4. The van der Waals surface area contributed by atoms with Crippen LogP contribution in [-0.2, 0) is 11.2 Å². The maximum atomic E-state index is 11.9. The van der Waals surface area contributed by atoms with Crippen molar-refractivity contribution in [3.05, 3.63) is 53.3 Å². The highest BCUT2D eigenvalue weighted by Gasteiger charge is 2.07. The summed E-state index contributed by atoms with van der Waals surface area (Å²) >= 11 is 3.32. The lowest BCUT2D eigenvalue weighted by atomic mass is 10.2. The third-order valence-corrected chi connectivity index (χ3v) is 4.98. The first-order valence-corrected chi connectivity index (χ1v) is 8.94. The van der Waals surface area contributed by atoms with Crippen LogP contribution in [0.5, 0.6) is 0 Å². The lowest BCUT2D eigenvalue weighted by Crippen LogP contribution is -2.27. The molecule has 0 radical (unpaired) electrons. The maximum Gasteiger partial charge on any atom is 0.226 e. The highest BCUT2D eigenvalue weighted by Crippen LogP contribution is 2.17. The minimum Gasteiger partial charge on any atom is -0.355 e. The average molecular weight is 331 g/mol. The van der Waals surface area contributed by atoms with E-state index in [2.05, 4.69) is 41.5 Å². The topological polar surface area (TPSA) is 46.4 Å². The Hall–Kier alpha value is -1.79. The molecule has 0 spiro atoms. The molecule has 22 heavy (non-hydrogen) atoms. The molecule has 1 N–H and O–H groups in total. The van der Waals surface area contributed by atoms with Crippen LogP contribution >= 0.6 is 23.1 Å². The van der Waals surface area contributed by atoms with Gasteiger partial charge in [-0.2, -0.15) is 0 Å². The van der Waals surface area contributed by atoms with Crippen LogP contribution in [0, 0.1) is 6.92 Å². The largest absolute Gasteiger partial charge is 0.355 e. The van der Waals surface area contributed by atoms with Crippen molar-refractivity contribution in [1.82, 2.24) is 14.7 Å². The molecule has 114 valence electrons. The van der Waals surface area contributed by atoms with Crippen molar-refractivity contribution in [2.24, 2.45) is 0 Å². The Morgan fingerprint density at radius 3 is 2.95 bits per heavy atom. The Kier molecular flexibility index (Phi) is 4.80. The summed E-state index contributed by atoms with van der Waals surface area (Å²) in [7, 11) is 0. The van der Waals surface area contributed by atoms with Crippen molar-refractivity contribution in [3.8, 4) is 0 Å². The van der Waals surface area contributed by atoms with Gasteiger partial charge in [-0.05, 0) is 19.1 Å². The second kappa shape index (κ2) is 6.98. The fraction of sp³-hybridized carbons (Fsp3) is 0.250. The smallest absolute Gasteiger partial charge is 0.226 e. The first-order valence-electron chi connectivity index (χ1n) is 7.08. The van der Waals surface area contributed by atoms with E-state index in [1.807, 2.05) is 22.2 Å². The van der Waals surface area contributed by atoms with E-state index in [0.29, 0.717) is 13.0 Å². The molecule has 0 aliphatic rings. The average Bonchev–Trinajstić information content (AvgIpc) is 3.06. The summed E-state index contributed by atoms with van der Waals surface area (Å²) in [4.78, 5) is 18.5. The number of benzene rings is 1. The Labute approximate surface area is 137 Å². The van der Waals surface area contributed by atoms with E-state index in [0.717, 1.165) is 16.4 Å². The quantitative estimate of drug-likeness (QED) is 0.557. The second-order valence-electron chi connectivity index (χ2n) is 5.01. The molecule has 0 aliphatic heterocycles. The van der Waals surface area contributed by atoms with E-state index in [-0.39, 0.29) is 5.91 Å². The zero-order chi connectivity index (χ0) is 15.4. The van der Waals surface area contributed by atoms with Crippen LogP contribution in [0.15, 0.2) is 46.9 Å². The number of carbonyl (C=O) groups is 1. The van der Waals surface area contributed by atoms with E-state index in [1.165, 1.54) is 10.5 Å².